The molecule has 0 amide bonds. The van der Waals surface area contributed by atoms with Crippen molar-refractivity contribution in [3.05, 3.63) is 11.9 Å². The normalized spacial score (nSPS) is 28.9. The van der Waals surface area contributed by atoms with Crippen molar-refractivity contribution in [2.45, 2.75) is 19.3 Å². The largest absolute Gasteiger partial charge is 0.396 e. The van der Waals surface area contributed by atoms with Crippen molar-refractivity contribution < 1.29 is 0 Å². The van der Waals surface area contributed by atoms with Gasteiger partial charge in [-0.25, -0.2) is 0 Å². The fourth-order valence-electron chi connectivity index (χ4n) is 1.62. The van der Waals surface area contributed by atoms with Gasteiger partial charge in [-0.15, -0.1) is 0 Å². The molecule has 1 heterocycles. The lowest BCUT2D eigenvalue weighted by molar-refractivity contribution is 0.701. The second kappa shape index (κ2) is 2.00. The second-order valence-corrected chi connectivity index (χ2v) is 3.43. The van der Waals surface area contributed by atoms with E-state index >= 15 is 0 Å². The third-order valence-electron chi connectivity index (χ3n) is 2.48. The molecule has 0 radical (unpaired) electrons. The summed E-state index contributed by atoms with van der Waals surface area (Å²) in [5, 5.41) is 4.10. The van der Waals surface area contributed by atoms with Crippen LogP contribution < -0.4 is 5.73 Å². The van der Waals surface area contributed by atoms with Gasteiger partial charge < -0.3 is 5.73 Å². The fraction of sp³-hybridized carbons (Fsp3) is 0.625. The van der Waals surface area contributed by atoms with E-state index in [9.17, 15) is 0 Å². The molecular formula is C8H13N3. The first kappa shape index (κ1) is 6.70. The monoisotopic (exact) mass is 151 g/mol. The number of nitrogens with two attached hydrogens (primary N) is 1. The summed E-state index contributed by atoms with van der Waals surface area (Å²) in [6.07, 6.45) is 3.00. The summed E-state index contributed by atoms with van der Waals surface area (Å²) >= 11 is 0. The molecule has 2 rings (SSSR count). The van der Waals surface area contributed by atoms with E-state index in [2.05, 4.69) is 12.0 Å². The average Bonchev–Trinajstić information content (AvgIpc) is 2.54. The van der Waals surface area contributed by atoms with Gasteiger partial charge in [0, 0.05) is 13.0 Å². The highest BCUT2D eigenvalue weighted by atomic mass is 15.3. The van der Waals surface area contributed by atoms with Crippen LogP contribution in [0.15, 0.2) is 6.20 Å². The highest BCUT2D eigenvalue weighted by molar-refractivity contribution is 5.45. The van der Waals surface area contributed by atoms with E-state index in [0.717, 1.165) is 11.6 Å². The van der Waals surface area contributed by atoms with Crippen molar-refractivity contribution in [2.24, 2.45) is 13.0 Å². The molecule has 0 aromatic carbocycles. The van der Waals surface area contributed by atoms with E-state index in [-0.39, 0.29) is 0 Å². The lowest BCUT2D eigenvalue weighted by atomic mass is 10.2. The molecular weight excluding hydrogens is 138 g/mol. The van der Waals surface area contributed by atoms with Crippen molar-refractivity contribution in [3.8, 4) is 0 Å². The van der Waals surface area contributed by atoms with Gasteiger partial charge in [-0.05, 0) is 12.3 Å². The minimum absolute atomic E-state index is 0.669. The summed E-state index contributed by atoms with van der Waals surface area (Å²) in [6, 6.07) is 0. The van der Waals surface area contributed by atoms with Crippen LogP contribution in [0.25, 0.3) is 0 Å². The minimum atomic E-state index is 0.669. The highest BCUT2D eigenvalue weighted by Gasteiger charge is 2.37. The third kappa shape index (κ3) is 0.914. The van der Waals surface area contributed by atoms with E-state index in [1.54, 1.807) is 6.20 Å². The zero-order chi connectivity index (χ0) is 8.01. The summed E-state index contributed by atoms with van der Waals surface area (Å²) in [7, 11) is 1.96. The van der Waals surface area contributed by atoms with E-state index in [1.807, 2.05) is 11.7 Å². The molecule has 0 aliphatic heterocycles. The van der Waals surface area contributed by atoms with Crippen LogP contribution in [0.1, 0.15) is 25.0 Å². The third-order valence-corrected chi connectivity index (χ3v) is 2.48. The summed E-state index contributed by atoms with van der Waals surface area (Å²) in [5.41, 5.74) is 7.83. The SMILES string of the molecule is CC1CC1c1c(N)cnn1C. The van der Waals surface area contributed by atoms with E-state index in [0.29, 0.717) is 5.92 Å². The molecule has 0 spiro atoms. The summed E-state index contributed by atoms with van der Waals surface area (Å²) in [4.78, 5) is 0. The fourth-order valence-corrected chi connectivity index (χ4v) is 1.62. The second-order valence-electron chi connectivity index (χ2n) is 3.43. The van der Waals surface area contributed by atoms with E-state index in [4.69, 9.17) is 5.73 Å². The number of nitrogens with zero attached hydrogens (tertiary/aromatic N) is 2. The lowest BCUT2D eigenvalue weighted by Crippen LogP contribution is -1.99. The van der Waals surface area contributed by atoms with Crippen LogP contribution in [0.5, 0.6) is 0 Å². The number of aryl methyl sites for hydroxylation is 1. The minimum Gasteiger partial charge on any atom is -0.396 e. The first-order valence-electron chi connectivity index (χ1n) is 3.97. The molecule has 60 valence electrons. The van der Waals surface area contributed by atoms with E-state index < -0.39 is 0 Å². The molecule has 0 saturated heterocycles. The topological polar surface area (TPSA) is 43.8 Å². The predicted molar refractivity (Wildman–Crippen MR) is 44.1 cm³/mol. The first-order chi connectivity index (χ1) is 5.20. The summed E-state index contributed by atoms with van der Waals surface area (Å²) in [6.45, 7) is 2.25. The van der Waals surface area contributed by atoms with Crippen LogP contribution in [-0.2, 0) is 7.05 Å². The van der Waals surface area contributed by atoms with Gasteiger partial charge >= 0.3 is 0 Å². The maximum Gasteiger partial charge on any atom is 0.0735 e. The molecule has 1 fully saturated rings. The molecule has 0 bridgehead atoms. The molecule has 2 unspecified atom stereocenters. The molecule has 2 atom stereocenters. The molecule has 3 heteroatoms. The van der Waals surface area contributed by atoms with Crippen molar-refractivity contribution in [1.29, 1.82) is 0 Å². The van der Waals surface area contributed by atoms with Gasteiger partial charge in [0.25, 0.3) is 0 Å². The van der Waals surface area contributed by atoms with Gasteiger partial charge in [0.15, 0.2) is 0 Å². The highest BCUT2D eigenvalue weighted by Crippen LogP contribution is 2.48. The number of rotatable bonds is 1. The Hall–Kier alpha value is -0.990. The Balaban J connectivity index is 2.36. The maximum absolute atomic E-state index is 5.76. The molecule has 1 aromatic heterocycles. The van der Waals surface area contributed by atoms with Crippen LogP contribution in [0.2, 0.25) is 0 Å². The van der Waals surface area contributed by atoms with Crippen LogP contribution in [0, 0.1) is 5.92 Å². The van der Waals surface area contributed by atoms with Crippen LogP contribution >= 0.6 is 0 Å². The maximum atomic E-state index is 5.76. The Morgan fingerprint density at radius 3 is 2.73 bits per heavy atom. The van der Waals surface area contributed by atoms with Gasteiger partial charge in [0.05, 0.1) is 17.6 Å². The average molecular weight is 151 g/mol. The van der Waals surface area contributed by atoms with Gasteiger partial charge in [0.1, 0.15) is 0 Å². The van der Waals surface area contributed by atoms with Gasteiger partial charge in [0.2, 0.25) is 0 Å². The van der Waals surface area contributed by atoms with Crippen LogP contribution in [-0.4, -0.2) is 9.78 Å². The molecule has 2 N–H and O–H groups in total. The molecule has 1 aliphatic carbocycles. The number of hydrogen-bond acceptors (Lipinski definition) is 2. The van der Waals surface area contributed by atoms with Crippen LogP contribution in [0.3, 0.4) is 0 Å². The zero-order valence-electron chi connectivity index (χ0n) is 6.91. The molecule has 1 aromatic rings. The Kier molecular flexibility index (Phi) is 1.22. The molecule has 3 nitrogen and oxygen atoms in total. The van der Waals surface area contributed by atoms with Crippen molar-refractivity contribution in [2.75, 3.05) is 5.73 Å². The Bertz CT molecular complexity index is 257. The van der Waals surface area contributed by atoms with E-state index in [1.165, 1.54) is 12.1 Å². The van der Waals surface area contributed by atoms with Crippen LogP contribution in [0.4, 0.5) is 5.69 Å². The van der Waals surface area contributed by atoms with Crippen molar-refractivity contribution >= 4 is 5.69 Å². The number of aromatic nitrogens is 2. The quantitative estimate of drug-likeness (QED) is 0.653. The number of anilines is 1. The zero-order valence-corrected chi connectivity index (χ0v) is 6.91. The number of nitrogen functional groups attached to an aromatic ring is 1. The van der Waals surface area contributed by atoms with Gasteiger partial charge in [-0.1, -0.05) is 6.92 Å². The first-order valence-corrected chi connectivity index (χ1v) is 3.97. The molecule has 1 saturated carbocycles. The Morgan fingerprint density at radius 2 is 2.36 bits per heavy atom. The Morgan fingerprint density at radius 1 is 1.73 bits per heavy atom. The number of hydrogen-bond donors (Lipinski definition) is 1. The van der Waals surface area contributed by atoms with Crippen molar-refractivity contribution in [1.82, 2.24) is 9.78 Å². The van der Waals surface area contributed by atoms with Crippen molar-refractivity contribution in [3.63, 3.8) is 0 Å². The summed E-state index contributed by atoms with van der Waals surface area (Å²) in [5.74, 6) is 1.47. The van der Waals surface area contributed by atoms with Gasteiger partial charge in [-0.3, -0.25) is 4.68 Å². The smallest absolute Gasteiger partial charge is 0.0735 e. The standard InChI is InChI=1S/C8H13N3/c1-5-3-6(5)8-7(9)4-10-11(8)2/h4-6H,3,9H2,1-2H3. The lowest BCUT2D eigenvalue weighted by Gasteiger charge is -1.99. The predicted octanol–water partition coefficient (Wildman–Crippen LogP) is 1.13. The Labute approximate surface area is 66.2 Å². The summed E-state index contributed by atoms with van der Waals surface area (Å²) < 4.78 is 1.89. The molecule has 1 aliphatic rings. The van der Waals surface area contributed by atoms with Gasteiger partial charge in [-0.2, -0.15) is 5.10 Å². The molecule has 11 heavy (non-hydrogen) atoms.